The van der Waals surface area contributed by atoms with Gasteiger partial charge in [-0.05, 0) is 43.4 Å². The van der Waals surface area contributed by atoms with E-state index >= 15 is 0 Å². The molecule has 0 spiro atoms. The Morgan fingerprint density at radius 1 is 1.21 bits per heavy atom. The van der Waals surface area contributed by atoms with Gasteiger partial charge in [0.25, 0.3) is 5.91 Å². The van der Waals surface area contributed by atoms with Crippen LogP contribution in [0.2, 0.25) is 0 Å². The normalized spacial score (nSPS) is 20.4. The van der Waals surface area contributed by atoms with Gasteiger partial charge in [0.05, 0.1) is 22.8 Å². The van der Waals surface area contributed by atoms with Crippen molar-refractivity contribution in [2.24, 2.45) is 5.92 Å². The van der Waals surface area contributed by atoms with Gasteiger partial charge in [-0.3, -0.25) is 4.79 Å². The highest BCUT2D eigenvalue weighted by Gasteiger charge is 2.34. The third-order valence-electron chi connectivity index (χ3n) is 5.66. The summed E-state index contributed by atoms with van der Waals surface area (Å²) in [6.07, 6.45) is -2.62. The van der Waals surface area contributed by atoms with Crippen LogP contribution in [0.25, 0.3) is 11.0 Å². The second-order valence-electron chi connectivity index (χ2n) is 7.62. The molecule has 0 saturated carbocycles. The van der Waals surface area contributed by atoms with Crippen LogP contribution in [0.4, 0.5) is 18.9 Å². The number of carbonyl (C=O) groups is 1. The number of nitrogens with zero attached hydrogens (tertiary/aromatic N) is 1. The maximum absolute atomic E-state index is 13.2. The Hall–Kier alpha value is -2.23. The summed E-state index contributed by atoms with van der Waals surface area (Å²) in [5, 5.41) is 2.97. The Balaban J connectivity index is 1.64. The van der Waals surface area contributed by atoms with E-state index in [0.29, 0.717) is 44.6 Å². The van der Waals surface area contributed by atoms with E-state index in [1.807, 2.05) is 4.90 Å². The molecule has 1 saturated heterocycles. The van der Waals surface area contributed by atoms with Crippen molar-refractivity contribution in [2.75, 3.05) is 36.0 Å². The number of benzene rings is 1. The van der Waals surface area contributed by atoms with Gasteiger partial charge in [-0.25, -0.2) is 8.42 Å². The van der Waals surface area contributed by atoms with Crippen LogP contribution in [0, 0.1) is 5.92 Å². The first-order valence-corrected chi connectivity index (χ1v) is 11.3. The summed E-state index contributed by atoms with van der Waals surface area (Å²) in [6, 6.07) is 3.20. The molecule has 158 valence electrons. The standard InChI is InChI=1S/C19H21F3N2O4S/c20-19(21,22)13-1-2-15-14(11-13)16-17(28-15)18(25)23-6-8-24(16)7-3-12-4-9-29(26,27)10-5-12/h1-2,11-12H,3-10H2,(H,23,25). The molecule has 0 radical (unpaired) electrons. The lowest BCUT2D eigenvalue weighted by molar-refractivity contribution is -0.137. The van der Waals surface area contributed by atoms with Gasteiger partial charge in [-0.1, -0.05) is 0 Å². The lowest BCUT2D eigenvalue weighted by Gasteiger charge is -2.27. The van der Waals surface area contributed by atoms with E-state index in [1.165, 1.54) is 6.07 Å². The molecule has 2 aliphatic rings. The predicted molar refractivity (Wildman–Crippen MR) is 102 cm³/mol. The molecule has 1 amide bonds. The van der Waals surface area contributed by atoms with E-state index < -0.39 is 27.5 Å². The fourth-order valence-electron chi connectivity index (χ4n) is 4.01. The molecule has 4 rings (SSSR count). The van der Waals surface area contributed by atoms with Gasteiger partial charge in [0.15, 0.2) is 0 Å². The van der Waals surface area contributed by atoms with Gasteiger partial charge in [0.1, 0.15) is 15.4 Å². The van der Waals surface area contributed by atoms with Crippen molar-refractivity contribution in [3.05, 3.63) is 29.5 Å². The topological polar surface area (TPSA) is 79.6 Å². The van der Waals surface area contributed by atoms with Crippen molar-refractivity contribution in [1.29, 1.82) is 0 Å². The Morgan fingerprint density at radius 3 is 2.62 bits per heavy atom. The molecule has 2 aliphatic heterocycles. The number of furan rings is 1. The highest BCUT2D eigenvalue weighted by molar-refractivity contribution is 7.91. The van der Waals surface area contributed by atoms with Crippen molar-refractivity contribution in [3.8, 4) is 0 Å². The first-order valence-electron chi connectivity index (χ1n) is 9.51. The average molecular weight is 430 g/mol. The molecule has 2 aromatic rings. The lowest BCUT2D eigenvalue weighted by atomic mass is 9.98. The molecule has 3 heterocycles. The molecule has 0 unspecified atom stereocenters. The monoisotopic (exact) mass is 430 g/mol. The molecule has 10 heteroatoms. The zero-order valence-electron chi connectivity index (χ0n) is 15.6. The van der Waals surface area contributed by atoms with Gasteiger partial charge >= 0.3 is 6.18 Å². The number of fused-ring (bicyclic) bond motifs is 3. The number of halogens is 3. The number of hydrogen-bond acceptors (Lipinski definition) is 5. The van der Waals surface area contributed by atoms with E-state index in [0.717, 1.165) is 12.1 Å². The van der Waals surface area contributed by atoms with E-state index in [1.54, 1.807) is 0 Å². The Bertz CT molecular complexity index is 1030. The molecule has 0 atom stereocenters. The van der Waals surface area contributed by atoms with Crippen LogP contribution in [-0.2, 0) is 16.0 Å². The summed E-state index contributed by atoms with van der Waals surface area (Å²) in [5.74, 6) is 0.149. The van der Waals surface area contributed by atoms with Gasteiger partial charge in [-0.2, -0.15) is 13.2 Å². The maximum atomic E-state index is 13.2. The summed E-state index contributed by atoms with van der Waals surface area (Å²) in [6.45, 7) is 1.30. The molecule has 1 fully saturated rings. The van der Waals surface area contributed by atoms with Gasteiger partial charge in [0, 0.05) is 25.0 Å². The molecule has 1 N–H and O–H groups in total. The number of anilines is 1. The summed E-state index contributed by atoms with van der Waals surface area (Å²) in [7, 11) is -2.95. The third-order valence-corrected chi connectivity index (χ3v) is 7.38. The summed E-state index contributed by atoms with van der Waals surface area (Å²) >= 11 is 0. The minimum absolute atomic E-state index is 0.0167. The van der Waals surface area contributed by atoms with Crippen molar-refractivity contribution in [3.63, 3.8) is 0 Å². The number of rotatable bonds is 3. The van der Waals surface area contributed by atoms with Gasteiger partial charge in [0.2, 0.25) is 5.76 Å². The average Bonchev–Trinajstić information content (AvgIpc) is 2.96. The fourth-order valence-corrected chi connectivity index (χ4v) is 5.60. The molecule has 0 bridgehead atoms. The number of carbonyl (C=O) groups excluding carboxylic acids is 1. The molecule has 6 nitrogen and oxygen atoms in total. The predicted octanol–water partition coefficient (Wildman–Crippen LogP) is 3.22. The van der Waals surface area contributed by atoms with Crippen molar-refractivity contribution in [1.82, 2.24) is 5.32 Å². The third kappa shape index (κ3) is 4.08. The number of hydrogen-bond donors (Lipinski definition) is 1. The minimum Gasteiger partial charge on any atom is -0.449 e. The number of sulfone groups is 1. The molecule has 29 heavy (non-hydrogen) atoms. The molecule has 0 aliphatic carbocycles. The fraction of sp³-hybridized carbons (Fsp3) is 0.526. The zero-order chi connectivity index (χ0) is 20.8. The van der Waals surface area contributed by atoms with Crippen LogP contribution >= 0.6 is 0 Å². The Morgan fingerprint density at radius 2 is 1.93 bits per heavy atom. The minimum atomic E-state index is -4.50. The van der Waals surface area contributed by atoms with Gasteiger partial charge < -0.3 is 14.6 Å². The van der Waals surface area contributed by atoms with Crippen LogP contribution in [0.1, 0.15) is 35.4 Å². The number of nitrogens with one attached hydrogen (secondary N) is 1. The molecular formula is C19H21F3N2O4S. The summed E-state index contributed by atoms with van der Waals surface area (Å²) < 4.78 is 68.4. The molecule has 1 aromatic carbocycles. The first kappa shape index (κ1) is 20.1. The smallest absolute Gasteiger partial charge is 0.416 e. The first-order chi connectivity index (χ1) is 13.6. The van der Waals surface area contributed by atoms with Crippen molar-refractivity contribution in [2.45, 2.75) is 25.4 Å². The lowest BCUT2D eigenvalue weighted by Crippen LogP contribution is -2.33. The van der Waals surface area contributed by atoms with Crippen LogP contribution in [0.15, 0.2) is 22.6 Å². The molecule has 1 aromatic heterocycles. The quantitative estimate of drug-likeness (QED) is 0.809. The summed E-state index contributed by atoms with van der Waals surface area (Å²) in [5.41, 5.74) is -0.186. The number of amides is 1. The van der Waals surface area contributed by atoms with E-state index in [4.69, 9.17) is 4.42 Å². The Labute approximate surface area is 166 Å². The van der Waals surface area contributed by atoms with E-state index in [-0.39, 0.29) is 34.2 Å². The second kappa shape index (κ2) is 7.23. The highest BCUT2D eigenvalue weighted by atomic mass is 32.2. The maximum Gasteiger partial charge on any atom is 0.416 e. The van der Waals surface area contributed by atoms with Crippen LogP contribution < -0.4 is 10.2 Å². The van der Waals surface area contributed by atoms with Crippen molar-refractivity contribution < 1.29 is 30.8 Å². The van der Waals surface area contributed by atoms with Gasteiger partial charge in [-0.15, -0.1) is 0 Å². The second-order valence-corrected chi connectivity index (χ2v) is 9.92. The van der Waals surface area contributed by atoms with Crippen LogP contribution in [-0.4, -0.2) is 45.5 Å². The van der Waals surface area contributed by atoms with E-state index in [2.05, 4.69) is 5.32 Å². The van der Waals surface area contributed by atoms with Crippen molar-refractivity contribution >= 4 is 32.4 Å². The Kier molecular flexibility index (Phi) is 5.00. The largest absolute Gasteiger partial charge is 0.449 e. The molecular weight excluding hydrogens is 409 g/mol. The van der Waals surface area contributed by atoms with Crippen LogP contribution in [0.5, 0.6) is 0 Å². The highest BCUT2D eigenvalue weighted by Crippen LogP contribution is 2.39. The van der Waals surface area contributed by atoms with Crippen LogP contribution in [0.3, 0.4) is 0 Å². The SMILES string of the molecule is O=C1NCCN(CCC2CCS(=O)(=O)CC2)c2c1oc1ccc(C(F)(F)F)cc21. The zero-order valence-corrected chi connectivity index (χ0v) is 16.4. The number of alkyl halides is 3. The van der Waals surface area contributed by atoms with E-state index in [9.17, 15) is 26.4 Å². The summed E-state index contributed by atoms with van der Waals surface area (Å²) in [4.78, 5) is 14.2.